The topological polar surface area (TPSA) is 29.5 Å². The minimum Gasteiger partial charge on any atom is -0.496 e. The zero-order valence-electron chi connectivity index (χ0n) is 11.8. The number of hydrogen-bond donors (Lipinski definition) is 1. The smallest absolute Gasteiger partial charge is 0.122 e. The number of aliphatic hydroxyl groups excluding tert-OH is 1. The van der Waals surface area contributed by atoms with Crippen LogP contribution in [0.15, 0.2) is 18.2 Å². The number of ether oxygens (including phenoxy) is 1. The molecule has 2 heteroatoms. The molecule has 0 bridgehead atoms. The summed E-state index contributed by atoms with van der Waals surface area (Å²) < 4.78 is 5.41. The van der Waals surface area contributed by atoms with Gasteiger partial charge in [0.1, 0.15) is 5.75 Å². The summed E-state index contributed by atoms with van der Waals surface area (Å²) in [5.74, 6) is 0.912. The molecule has 0 saturated carbocycles. The van der Waals surface area contributed by atoms with Crippen LogP contribution in [0.25, 0.3) is 0 Å². The maximum atomic E-state index is 9.44. The van der Waals surface area contributed by atoms with Crippen LogP contribution in [-0.4, -0.2) is 18.8 Å². The second-order valence-electron chi connectivity index (χ2n) is 6.21. The first-order chi connectivity index (χ1) is 7.72. The number of aliphatic hydroxyl groups is 1. The van der Waals surface area contributed by atoms with E-state index in [1.54, 1.807) is 7.11 Å². The van der Waals surface area contributed by atoms with E-state index in [1.165, 1.54) is 5.56 Å². The van der Waals surface area contributed by atoms with Crippen molar-refractivity contribution in [2.45, 2.75) is 45.4 Å². The first-order valence-electron chi connectivity index (χ1n) is 6.02. The minimum atomic E-state index is -0.216. The maximum Gasteiger partial charge on any atom is 0.122 e. The third kappa shape index (κ3) is 3.01. The Balaban J connectivity index is 3.33. The highest BCUT2D eigenvalue weighted by Crippen LogP contribution is 2.35. The highest BCUT2D eigenvalue weighted by Gasteiger charge is 2.24. The lowest BCUT2D eigenvalue weighted by atomic mass is 9.79. The van der Waals surface area contributed by atoms with Gasteiger partial charge in [0.05, 0.1) is 13.7 Å². The molecule has 0 radical (unpaired) electrons. The van der Waals surface area contributed by atoms with Gasteiger partial charge in [0.15, 0.2) is 0 Å². The normalized spacial score (nSPS) is 12.6. The molecule has 0 unspecified atom stereocenters. The fraction of sp³-hybridized carbons (Fsp3) is 0.600. The van der Waals surface area contributed by atoms with Crippen molar-refractivity contribution in [1.29, 1.82) is 0 Å². The van der Waals surface area contributed by atoms with Crippen molar-refractivity contribution < 1.29 is 9.84 Å². The molecule has 0 amide bonds. The monoisotopic (exact) mass is 236 g/mol. The predicted octanol–water partition coefficient (Wildman–Crippen LogP) is 3.26. The SMILES string of the molecule is COc1ccc(C(C)(C)CO)cc1C(C)(C)C. The summed E-state index contributed by atoms with van der Waals surface area (Å²) in [7, 11) is 1.70. The molecule has 0 aromatic heterocycles. The van der Waals surface area contributed by atoms with E-state index in [2.05, 4.69) is 26.8 Å². The van der Waals surface area contributed by atoms with Gasteiger partial charge >= 0.3 is 0 Å². The van der Waals surface area contributed by atoms with Gasteiger partial charge in [-0.2, -0.15) is 0 Å². The Hall–Kier alpha value is -1.02. The lowest BCUT2D eigenvalue weighted by molar-refractivity contribution is 0.218. The quantitative estimate of drug-likeness (QED) is 0.873. The van der Waals surface area contributed by atoms with E-state index >= 15 is 0 Å². The standard InChI is InChI=1S/C15H24O2/c1-14(2,3)12-9-11(15(4,5)10-16)7-8-13(12)17-6/h7-9,16H,10H2,1-6H3. The molecule has 96 valence electrons. The zero-order chi connectivity index (χ0) is 13.3. The lowest BCUT2D eigenvalue weighted by Gasteiger charge is -2.27. The van der Waals surface area contributed by atoms with E-state index < -0.39 is 0 Å². The minimum absolute atomic E-state index is 0.0346. The molecule has 2 nitrogen and oxygen atoms in total. The second-order valence-corrected chi connectivity index (χ2v) is 6.21. The third-order valence-electron chi connectivity index (χ3n) is 3.18. The molecule has 0 spiro atoms. The van der Waals surface area contributed by atoms with Crippen LogP contribution in [0.4, 0.5) is 0 Å². The Morgan fingerprint density at radius 1 is 1.12 bits per heavy atom. The lowest BCUT2D eigenvalue weighted by Crippen LogP contribution is -2.23. The molecule has 1 aromatic rings. The van der Waals surface area contributed by atoms with E-state index in [9.17, 15) is 5.11 Å². The van der Waals surface area contributed by atoms with Gasteiger partial charge in [-0.05, 0) is 22.6 Å². The Labute approximate surface area is 105 Å². The molecule has 1 rings (SSSR count). The van der Waals surface area contributed by atoms with Crippen LogP contribution in [-0.2, 0) is 10.8 Å². The van der Waals surface area contributed by atoms with Crippen LogP contribution >= 0.6 is 0 Å². The molecular weight excluding hydrogens is 212 g/mol. The van der Waals surface area contributed by atoms with Crippen molar-refractivity contribution in [2.24, 2.45) is 0 Å². The Bertz CT molecular complexity index is 386. The first-order valence-corrected chi connectivity index (χ1v) is 6.02. The van der Waals surface area contributed by atoms with E-state index in [4.69, 9.17) is 4.74 Å². The Morgan fingerprint density at radius 3 is 2.12 bits per heavy atom. The maximum absolute atomic E-state index is 9.44. The van der Waals surface area contributed by atoms with Gasteiger partial charge in [-0.1, -0.05) is 46.8 Å². The number of benzene rings is 1. The van der Waals surface area contributed by atoms with Crippen LogP contribution in [0.2, 0.25) is 0 Å². The molecule has 0 fully saturated rings. The summed E-state index contributed by atoms with van der Waals surface area (Å²) in [6.07, 6.45) is 0. The van der Waals surface area contributed by atoms with Gasteiger partial charge in [-0.15, -0.1) is 0 Å². The predicted molar refractivity (Wildman–Crippen MR) is 71.8 cm³/mol. The molecule has 0 atom stereocenters. The van der Waals surface area contributed by atoms with Crippen molar-refractivity contribution in [3.63, 3.8) is 0 Å². The van der Waals surface area contributed by atoms with Crippen molar-refractivity contribution in [3.05, 3.63) is 29.3 Å². The number of hydrogen-bond acceptors (Lipinski definition) is 2. The largest absolute Gasteiger partial charge is 0.496 e. The van der Waals surface area contributed by atoms with Crippen molar-refractivity contribution in [2.75, 3.05) is 13.7 Å². The summed E-state index contributed by atoms with van der Waals surface area (Å²) in [5, 5.41) is 9.44. The van der Waals surface area contributed by atoms with Crippen LogP contribution < -0.4 is 4.74 Å². The Morgan fingerprint density at radius 2 is 1.71 bits per heavy atom. The second kappa shape index (κ2) is 4.69. The molecule has 1 aromatic carbocycles. The van der Waals surface area contributed by atoms with Crippen LogP contribution in [0.3, 0.4) is 0 Å². The first kappa shape index (κ1) is 14.0. The molecule has 0 saturated heterocycles. The number of rotatable bonds is 3. The molecule has 0 aliphatic rings. The zero-order valence-corrected chi connectivity index (χ0v) is 11.8. The van der Waals surface area contributed by atoms with Crippen LogP contribution in [0.1, 0.15) is 45.7 Å². The fourth-order valence-corrected chi connectivity index (χ4v) is 1.81. The summed E-state index contributed by atoms with van der Waals surface area (Å²) in [6.45, 7) is 10.7. The fourth-order valence-electron chi connectivity index (χ4n) is 1.81. The van der Waals surface area contributed by atoms with Gasteiger partial charge in [0.2, 0.25) is 0 Å². The molecule has 1 N–H and O–H groups in total. The Kier molecular flexibility index (Phi) is 3.88. The highest BCUT2D eigenvalue weighted by molar-refractivity contribution is 5.43. The molecule has 0 heterocycles. The van der Waals surface area contributed by atoms with Crippen LogP contribution in [0.5, 0.6) is 5.75 Å². The van der Waals surface area contributed by atoms with Crippen molar-refractivity contribution in [3.8, 4) is 5.75 Å². The molecule has 0 aliphatic heterocycles. The number of methoxy groups -OCH3 is 1. The highest BCUT2D eigenvalue weighted by atomic mass is 16.5. The van der Waals surface area contributed by atoms with Gasteiger partial charge in [0.25, 0.3) is 0 Å². The summed E-state index contributed by atoms with van der Waals surface area (Å²) >= 11 is 0. The van der Waals surface area contributed by atoms with Crippen molar-refractivity contribution >= 4 is 0 Å². The van der Waals surface area contributed by atoms with E-state index in [1.807, 2.05) is 26.0 Å². The van der Waals surface area contributed by atoms with Crippen molar-refractivity contribution in [1.82, 2.24) is 0 Å². The van der Waals surface area contributed by atoms with Gasteiger partial charge in [-0.25, -0.2) is 0 Å². The third-order valence-corrected chi connectivity index (χ3v) is 3.18. The molecule has 17 heavy (non-hydrogen) atoms. The summed E-state index contributed by atoms with van der Waals surface area (Å²) in [6, 6.07) is 6.17. The van der Waals surface area contributed by atoms with Gasteiger partial charge in [0, 0.05) is 5.41 Å². The molecule has 0 aliphatic carbocycles. The van der Waals surface area contributed by atoms with E-state index in [0.717, 1.165) is 11.3 Å². The van der Waals surface area contributed by atoms with Gasteiger partial charge in [-0.3, -0.25) is 0 Å². The molecular formula is C15H24O2. The van der Waals surface area contributed by atoms with E-state index in [-0.39, 0.29) is 17.4 Å². The summed E-state index contributed by atoms with van der Waals surface area (Å²) in [4.78, 5) is 0. The average Bonchev–Trinajstić information content (AvgIpc) is 2.27. The average molecular weight is 236 g/mol. The van der Waals surface area contributed by atoms with Crippen LogP contribution in [0, 0.1) is 0 Å². The summed E-state index contributed by atoms with van der Waals surface area (Å²) in [5.41, 5.74) is 2.14. The van der Waals surface area contributed by atoms with Gasteiger partial charge < -0.3 is 9.84 Å². The van der Waals surface area contributed by atoms with E-state index in [0.29, 0.717) is 0 Å².